The van der Waals surface area contributed by atoms with E-state index in [0.29, 0.717) is 21.9 Å². The lowest BCUT2D eigenvalue weighted by Gasteiger charge is -2.05. The Morgan fingerprint density at radius 1 is 1.23 bits per heavy atom. The number of nitrogens with one attached hydrogen (secondary N) is 1. The molecule has 1 aromatic carbocycles. The van der Waals surface area contributed by atoms with Crippen LogP contribution in [0.25, 0.3) is 10.2 Å². The Labute approximate surface area is 132 Å². The van der Waals surface area contributed by atoms with Crippen molar-refractivity contribution in [2.45, 2.75) is 19.9 Å². The maximum atomic E-state index is 12.3. The van der Waals surface area contributed by atoms with Gasteiger partial charge in [-0.25, -0.2) is 0 Å². The zero-order chi connectivity index (χ0) is 15.5. The molecule has 1 amide bonds. The number of amides is 1. The van der Waals surface area contributed by atoms with Gasteiger partial charge < -0.3 is 11.1 Å². The molecular weight excluding hydrogens is 296 g/mol. The van der Waals surface area contributed by atoms with E-state index in [-0.39, 0.29) is 5.91 Å². The van der Waals surface area contributed by atoms with Gasteiger partial charge >= 0.3 is 0 Å². The number of nitrogens with two attached hydrogens (primary N) is 1. The average Bonchev–Trinajstić information content (AvgIpc) is 2.90. The lowest BCUT2D eigenvalue weighted by molar-refractivity contribution is 0.0956. The predicted octanol–water partition coefficient (Wildman–Crippen LogP) is 2.77. The number of aryl methyl sites for hydroxylation is 1. The van der Waals surface area contributed by atoms with Gasteiger partial charge in [-0.2, -0.15) is 5.10 Å². The molecule has 0 fully saturated rings. The second-order valence-electron chi connectivity index (χ2n) is 4.95. The maximum absolute atomic E-state index is 12.3. The van der Waals surface area contributed by atoms with Crippen LogP contribution in [-0.2, 0) is 13.0 Å². The van der Waals surface area contributed by atoms with Crippen molar-refractivity contribution in [2.75, 3.05) is 5.73 Å². The fourth-order valence-electron chi connectivity index (χ4n) is 2.20. The van der Waals surface area contributed by atoms with Gasteiger partial charge in [-0.05, 0) is 23.6 Å². The fourth-order valence-corrected chi connectivity index (χ4v) is 3.15. The van der Waals surface area contributed by atoms with E-state index in [1.54, 1.807) is 12.3 Å². The smallest absolute Gasteiger partial charge is 0.263 e. The van der Waals surface area contributed by atoms with E-state index in [4.69, 9.17) is 5.73 Å². The van der Waals surface area contributed by atoms with Gasteiger partial charge in [0.1, 0.15) is 9.71 Å². The fraction of sp³-hybridized carbons (Fsp3) is 0.188. The van der Waals surface area contributed by atoms with Gasteiger partial charge in [0, 0.05) is 11.9 Å². The van der Waals surface area contributed by atoms with Crippen LogP contribution in [0.2, 0.25) is 0 Å². The van der Waals surface area contributed by atoms with Crippen molar-refractivity contribution in [2.24, 2.45) is 0 Å². The molecule has 3 N–H and O–H groups in total. The number of rotatable bonds is 4. The Bertz CT molecular complexity index is 811. The molecule has 112 valence electrons. The highest BCUT2D eigenvalue weighted by atomic mass is 32.1. The normalized spacial score (nSPS) is 10.8. The zero-order valence-corrected chi connectivity index (χ0v) is 13.0. The monoisotopic (exact) mass is 312 g/mol. The summed E-state index contributed by atoms with van der Waals surface area (Å²) in [6.07, 6.45) is 2.58. The van der Waals surface area contributed by atoms with Crippen molar-refractivity contribution < 1.29 is 4.79 Å². The van der Waals surface area contributed by atoms with E-state index < -0.39 is 0 Å². The molecule has 2 aromatic heterocycles. The molecule has 0 aliphatic rings. The van der Waals surface area contributed by atoms with Crippen LogP contribution in [0, 0.1) is 0 Å². The summed E-state index contributed by atoms with van der Waals surface area (Å²) < 4.78 is 0. The number of hydrogen-bond acceptors (Lipinski definition) is 5. The van der Waals surface area contributed by atoms with Gasteiger partial charge in [-0.15, -0.1) is 16.4 Å². The topological polar surface area (TPSA) is 80.9 Å². The van der Waals surface area contributed by atoms with Gasteiger partial charge in [0.2, 0.25) is 0 Å². The van der Waals surface area contributed by atoms with Crippen LogP contribution in [0.3, 0.4) is 0 Å². The van der Waals surface area contributed by atoms with Crippen molar-refractivity contribution in [3.05, 3.63) is 52.5 Å². The largest absolute Gasteiger partial charge is 0.397 e. The molecule has 2 heterocycles. The van der Waals surface area contributed by atoms with Crippen molar-refractivity contribution in [1.29, 1.82) is 0 Å². The predicted molar refractivity (Wildman–Crippen MR) is 88.8 cm³/mol. The number of nitrogen functional groups attached to an aromatic ring is 1. The van der Waals surface area contributed by atoms with Gasteiger partial charge in [-0.3, -0.25) is 4.79 Å². The van der Waals surface area contributed by atoms with Crippen LogP contribution in [0.15, 0.2) is 36.5 Å². The number of carbonyl (C=O) groups is 1. The van der Waals surface area contributed by atoms with E-state index in [0.717, 1.165) is 17.4 Å². The molecular formula is C16H16N4OS. The summed E-state index contributed by atoms with van der Waals surface area (Å²) >= 11 is 1.26. The summed E-state index contributed by atoms with van der Waals surface area (Å²) in [5.74, 6) is -0.180. The van der Waals surface area contributed by atoms with Crippen LogP contribution in [0.4, 0.5) is 5.69 Å². The first-order chi connectivity index (χ1) is 10.7. The highest BCUT2D eigenvalue weighted by Crippen LogP contribution is 2.31. The van der Waals surface area contributed by atoms with Gasteiger partial charge in [0.05, 0.1) is 11.9 Å². The number of fused-ring (bicyclic) bond motifs is 1. The summed E-state index contributed by atoms with van der Waals surface area (Å²) in [7, 11) is 0. The molecule has 3 rings (SSSR count). The van der Waals surface area contributed by atoms with Gasteiger partial charge in [-0.1, -0.05) is 31.2 Å². The second-order valence-corrected chi connectivity index (χ2v) is 5.95. The van der Waals surface area contributed by atoms with Crippen LogP contribution in [-0.4, -0.2) is 16.1 Å². The lowest BCUT2D eigenvalue weighted by atomic mass is 10.1. The molecule has 0 aliphatic heterocycles. The number of carbonyl (C=O) groups excluding carboxylic acids is 1. The van der Waals surface area contributed by atoms with Crippen molar-refractivity contribution in [1.82, 2.24) is 15.5 Å². The van der Waals surface area contributed by atoms with Crippen LogP contribution in [0.5, 0.6) is 0 Å². The van der Waals surface area contributed by atoms with Crippen molar-refractivity contribution in [3.63, 3.8) is 0 Å². The molecule has 6 heteroatoms. The van der Waals surface area contributed by atoms with Gasteiger partial charge in [0.15, 0.2) is 0 Å². The first-order valence-corrected chi connectivity index (χ1v) is 7.86. The highest BCUT2D eigenvalue weighted by molar-refractivity contribution is 7.21. The summed E-state index contributed by atoms with van der Waals surface area (Å²) in [6.45, 7) is 2.59. The summed E-state index contributed by atoms with van der Waals surface area (Å²) in [5, 5.41) is 11.5. The lowest BCUT2D eigenvalue weighted by Crippen LogP contribution is -2.22. The number of benzene rings is 1. The molecule has 0 spiro atoms. The minimum atomic E-state index is -0.180. The van der Waals surface area contributed by atoms with E-state index in [9.17, 15) is 4.79 Å². The molecule has 0 unspecified atom stereocenters. The molecule has 3 aromatic rings. The summed E-state index contributed by atoms with van der Waals surface area (Å²) in [6, 6.07) is 9.97. The minimum absolute atomic E-state index is 0.180. The number of nitrogens with zero attached hydrogens (tertiary/aromatic N) is 2. The second kappa shape index (κ2) is 6.11. The number of hydrogen-bond donors (Lipinski definition) is 2. The molecule has 0 saturated heterocycles. The standard InChI is InChI=1S/C16H16N4OS/c1-2-10-3-5-11(6-4-10)9-18-15(21)14-13(17)12-7-8-19-20-16(12)22-14/h3-8H,2,9,17H2,1H3,(H,18,21). The molecule has 0 bridgehead atoms. The van der Waals surface area contributed by atoms with Crippen LogP contribution >= 0.6 is 11.3 Å². The van der Waals surface area contributed by atoms with E-state index >= 15 is 0 Å². The molecule has 0 radical (unpaired) electrons. The third-order valence-electron chi connectivity index (χ3n) is 3.51. The number of anilines is 1. The third-order valence-corrected chi connectivity index (χ3v) is 4.62. The summed E-state index contributed by atoms with van der Waals surface area (Å²) in [4.78, 5) is 13.5. The first kappa shape index (κ1) is 14.5. The minimum Gasteiger partial charge on any atom is -0.397 e. The van der Waals surface area contributed by atoms with Crippen LogP contribution in [0.1, 0.15) is 27.7 Å². The Kier molecular flexibility index (Phi) is 4.02. The van der Waals surface area contributed by atoms with E-state index in [1.165, 1.54) is 16.9 Å². The first-order valence-electron chi connectivity index (χ1n) is 7.04. The maximum Gasteiger partial charge on any atom is 0.263 e. The molecule has 0 saturated carbocycles. The average molecular weight is 312 g/mol. The van der Waals surface area contributed by atoms with Crippen molar-refractivity contribution >= 4 is 33.1 Å². The Morgan fingerprint density at radius 3 is 2.64 bits per heavy atom. The summed E-state index contributed by atoms with van der Waals surface area (Å²) in [5.41, 5.74) is 8.84. The molecule has 22 heavy (non-hydrogen) atoms. The SMILES string of the molecule is CCc1ccc(CNC(=O)c2sc3nnccc3c2N)cc1. The quantitative estimate of drug-likeness (QED) is 0.776. The van der Waals surface area contributed by atoms with Gasteiger partial charge in [0.25, 0.3) is 5.91 Å². The number of aromatic nitrogens is 2. The zero-order valence-electron chi connectivity index (χ0n) is 12.2. The molecule has 0 atom stereocenters. The van der Waals surface area contributed by atoms with E-state index in [2.05, 4.69) is 34.6 Å². The third kappa shape index (κ3) is 2.78. The Morgan fingerprint density at radius 2 is 1.95 bits per heavy atom. The Balaban J connectivity index is 1.74. The highest BCUT2D eigenvalue weighted by Gasteiger charge is 2.16. The Hall–Kier alpha value is -2.47. The molecule has 5 nitrogen and oxygen atoms in total. The number of thiophene rings is 1. The molecule has 0 aliphatic carbocycles. The van der Waals surface area contributed by atoms with Crippen molar-refractivity contribution in [3.8, 4) is 0 Å². The van der Waals surface area contributed by atoms with Crippen LogP contribution < -0.4 is 11.1 Å². The van der Waals surface area contributed by atoms with E-state index in [1.807, 2.05) is 12.1 Å².